The Labute approximate surface area is 335 Å². The van der Waals surface area contributed by atoms with Gasteiger partial charge >= 0.3 is 12.4 Å². The molecule has 13 heteroatoms. The maximum Gasteiger partial charge on any atom is 0.416 e. The summed E-state index contributed by atoms with van der Waals surface area (Å²) in [5.41, 5.74) is 6.08. The molecule has 3 heterocycles. The van der Waals surface area contributed by atoms with Gasteiger partial charge in [-0.05, 0) is 115 Å². The van der Waals surface area contributed by atoms with Crippen LogP contribution in [-0.4, -0.2) is 80.6 Å². The number of piperidine rings is 2. The van der Waals surface area contributed by atoms with Gasteiger partial charge in [0.15, 0.2) is 11.6 Å². The summed E-state index contributed by atoms with van der Waals surface area (Å²) in [5, 5.41) is 0. The molecule has 58 heavy (non-hydrogen) atoms. The molecule has 7 rings (SSSR count). The SMILES string of the molecule is C1CCOC1.CN1CCC(C(=O)c2cc(N)cc(C(F)(F)F)c2)CC1.CN1CCC(C(=O)c2cc(N=C(c3ccccc3)c3ccccc3)cc(C(F)(F)F)c2)CC1. The molecule has 3 saturated heterocycles. The van der Waals surface area contributed by atoms with E-state index in [1.54, 1.807) is 0 Å². The lowest BCUT2D eigenvalue weighted by Crippen LogP contribution is -2.33. The van der Waals surface area contributed by atoms with Crippen molar-refractivity contribution in [3.05, 3.63) is 130 Å². The highest BCUT2D eigenvalue weighted by atomic mass is 19.4. The fourth-order valence-corrected chi connectivity index (χ4v) is 7.08. The molecule has 2 N–H and O–H groups in total. The topological polar surface area (TPSA) is 88.2 Å². The molecule has 3 aliphatic rings. The number of ether oxygens (including phenoxy) is 1. The lowest BCUT2D eigenvalue weighted by Gasteiger charge is -2.28. The van der Waals surface area contributed by atoms with Crippen molar-refractivity contribution in [1.29, 1.82) is 0 Å². The number of carbonyl (C=O) groups excluding carboxylic acids is 2. The summed E-state index contributed by atoms with van der Waals surface area (Å²) in [7, 11) is 3.94. The third-order valence-electron chi connectivity index (χ3n) is 10.4. The number of benzene rings is 4. The molecule has 0 atom stereocenters. The largest absolute Gasteiger partial charge is 0.416 e. The minimum Gasteiger partial charge on any atom is -0.399 e. The van der Waals surface area contributed by atoms with Crippen LogP contribution in [0.1, 0.15) is 81.5 Å². The van der Waals surface area contributed by atoms with Crippen LogP contribution in [0.3, 0.4) is 0 Å². The first-order valence-corrected chi connectivity index (χ1v) is 19.5. The van der Waals surface area contributed by atoms with Gasteiger partial charge in [0.25, 0.3) is 0 Å². The predicted octanol–water partition coefficient (Wildman–Crippen LogP) is 10.0. The van der Waals surface area contributed by atoms with Crippen LogP contribution in [-0.2, 0) is 17.1 Å². The van der Waals surface area contributed by atoms with Crippen molar-refractivity contribution >= 4 is 28.7 Å². The molecule has 3 fully saturated rings. The number of hydrogen-bond acceptors (Lipinski definition) is 7. The molecule has 0 unspecified atom stereocenters. The van der Waals surface area contributed by atoms with E-state index in [4.69, 9.17) is 10.5 Å². The molecule has 0 saturated carbocycles. The molecule has 0 bridgehead atoms. The third kappa shape index (κ3) is 12.8. The Morgan fingerprint density at radius 1 is 0.603 bits per heavy atom. The van der Waals surface area contributed by atoms with Crippen molar-refractivity contribution in [1.82, 2.24) is 9.80 Å². The number of nitrogen functional groups attached to an aromatic ring is 1. The second kappa shape index (κ2) is 20.2. The summed E-state index contributed by atoms with van der Waals surface area (Å²) in [6.07, 6.45) is -3.88. The van der Waals surface area contributed by atoms with Crippen LogP contribution in [0.4, 0.5) is 37.7 Å². The molecule has 0 aliphatic carbocycles. The van der Waals surface area contributed by atoms with E-state index in [0.29, 0.717) is 31.4 Å². The van der Waals surface area contributed by atoms with E-state index < -0.39 is 23.5 Å². The van der Waals surface area contributed by atoms with E-state index in [0.717, 1.165) is 74.8 Å². The average Bonchev–Trinajstić information content (AvgIpc) is 3.81. The van der Waals surface area contributed by atoms with Gasteiger partial charge in [-0.3, -0.25) is 9.59 Å². The van der Waals surface area contributed by atoms with E-state index in [9.17, 15) is 35.9 Å². The van der Waals surface area contributed by atoms with Crippen molar-refractivity contribution in [2.45, 2.75) is 50.9 Å². The molecule has 0 amide bonds. The zero-order chi connectivity index (χ0) is 41.9. The Hall–Kier alpha value is -4.85. The molecule has 0 aromatic heterocycles. The first-order chi connectivity index (χ1) is 27.6. The molecule has 7 nitrogen and oxygen atoms in total. The number of nitrogens with zero attached hydrogens (tertiary/aromatic N) is 3. The highest BCUT2D eigenvalue weighted by molar-refractivity contribution is 6.14. The van der Waals surface area contributed by atoms with Gasteiger partial charge in [-0.25, -0.2) is 4.99 Å². The number of aliphatic imine (C=N–C) groups is 1. The van der Waals surface area contributed by atoms with Crippen molar-refractivity contribution < 1.29 is 40.7 Å². The van der Waals surface area contributed by atoms with Crippen molar-refractivity contribution in [2.75, 3.05) is 59.2 Å². The van der Waals surface area contributed by atoms with E-state index >= 15 is 0 Å². The Kier molecular flexibility index (Phi) is 15.4. The number of halogens is 6. The molecular formula is C45H50F6N4O3. The Morgan fingerprint density at radius 2 is 1.02 bits per heavy atom. The Balaban J connectivity index is 0.000000216. The van der Waals surface area contributed by atoms with Crippen molar-refractivity contribution in [3.63, 3.8) is 0 Å². The van der Waals surface area contributed by atoms with Gasteiger partial charge in [-0.1, -0.05) is 60.7 Å². The Morgan fingerprint density at radius 3 is 1.41 bits per heavy atom. The minimum atomic E-state index is -4.58. The van der Waals surface area contributed by atoms with Crippen molar-refractivity contribution in [2.24, 2.45) is 16.8 Å². The number of Topliss-reactive ketones (excluding diaryl/α,β-unsaturated/α-hetero) is 2. The van der Waals surface area contributed by atoms with Gasteiger partial charge < -0.3 is 20.3 Å². The molecule has 0 radical (unpaired) electrons. The lowest BCUT2D eigenvalue weighted by atomic mass is 9.88. The third-order valence-corrected chi connectivity index (χ3v) is 10.4. The number of carbonyl (C=O) groups is 2. The minimum absolute atomic E-state index is 0.0314. The number of anilines is 1. The maximum atomic E-state index is 13.7. The zero-order valence-corrected chi connectivity index (χ0v) is 32.8. The second-order valence-corrected chi connectivity index (χ2v) is 15.0. The predicted molar refractivity (Wildman–Crippen MR) is 215 cm³/mol. The molecular weight excluding hydrogens is 759 g/mol. The number of ketones is 2. The van der Waals surface area contributed by atoms with Gasteiger partial charge in [-0.15, -0.1) is 0 Å². The normalized spacial score (nSPS) is 17.0. The van der Waals surface area contributed by atoms with Crippen LogP contribution in [0.5, 0.6) is 0 Å². The van der Waals surface area contributed by atoms with Crippen LogP contribution in [0.25, 0.3) is 0 Å². The zero-order valence-electron chi connectivity index (χ0n) is 32.8. The van der Waals surface area contributed by atoms with Gasteiger partial charge in [0.05, 0.1) is 22.5 Å². The molecule has 3 aliphatic heterocycles. The summed E-state index contributed by atoms with van der Waals surface area (Å²) in [4.78, 5) is 34.3. The number of likely N-dealkylation sites (tertiary alicyclic amines) is 2. The van der Waals surface area contributed by atoms with Crippen LogP contribution in [0, 0.1) is 11.8 Å². The standard InChI is InChI=1S/C27H25F3N2O.C14H17F3N2O.C4H8O/c1-32-14-12-21(13-15-32)26(33)22-16-23(27(28,29)30)18-24(17-22)31-25(19-8-4-2-5-9-19)20-10-6-3-7-11-20;1-19-4-2-9(3-5-19)13(20)10-6-11(14(15,16)17)8-12(18)7-10;1-2-4-5-3-1/h2-11,16-18,21H,12-15H2,1H3;6-9H,2-5,18H2,1H3;1-4H2. The summed E-state index contributed by atoms with van der Waals surface area (Å²) in [5.74, 6) is -0.971. The van der Waals surface area contributed by atoms with Crippen molar-refractivity contribution in [3.8, 4) is 0 Å². The number of rotatable bonds is 7. The molecule has 4 aromatic rings. The first-order valence-electron chi connectivity index (χ1n) is 19.5. The smallest absolute Gasteiger partial charge is 0.399 e. The second-order valence-electron chi connectivity index (χ2n) is 15.0. The van der Waals surface area contributed by atoms with Crippen LogP contribution >= 0.6 is 0 Å². The van der Waals surface area contributed by atoms with E-state index in [1.165, 1.54) is 25.0 Å². The summed E-state index contributed by atoms with van der Waals surface area (Å²) in [6.45, 7) is 5.08. The highest BCUT2D eigenvalue weighted by Gasteiger charge is 2.34. The first kappa shape index (κ1) is 44.3. The fraction of sp³-hybridized carbons (Fsp3) is 0.400. The summed E-state index contributed by atoms with van der Waals surface area (Å²) in [6, 6.07) is 25.2. The van der Waals surface area contributed by atoms with Gasteiger partial charge in [0.1, 0.15) is 0 Å². The van der Waals surface area contributed by atoms with Crippen LogP contribution < -0.4 is 5.73 Å². The average molecular weight is 809 g/mol. The quantitative estimate of drug-likeness (QED) is 0.0866. The summed E-state index contributed by atoms with van der Waals surface area (Å²) >= 11 is 0. The van der Waals surface area contributed by atoms with Gasteiger partial charge in [0, 0.05) is 53.0 Å². The van der Waals surface area contributed by atoms with E-state index in [2.05, 4.69) is 14.8 Å². The van der Waals surface area contributed by atoms with Gasteiger partial charge in [0.2, 0.25) is 0 Å². The highest BCUT2D eigenvalue weighted by Crippen LogP contribution is 2.35. The number of nitrogens with two attached hydrogens (primary N) is 1. The van der Waals surface area contributed by atoms with Crippen LogP contribution in [0.2, 0.25) is 0 Å². The maximum absolute atomic E-state index is 13.7. The summed E-state index contributed by atoms with van der Waals surface area (Å²) < 4.78 is 84.3. The monoisotopic (exact) mass is 808 g/mol. The molecule has 310 valence electrons. The van der Waals surface area contributed by atoms with E-state index in [1.807, 2.05) is 74.8 Å². The van der Waals surface area contributed by atoms with Gasteiger partial charge in [-0.2, -0.15) is 26.3 Å². The molecule has 0 spiro atoms. The Bertz CT molecular complexity index is 1930. The van der Waals surface area contributed by atoms with Crippen LogP contribution in [0.15, 0.2) is 102 Å². The van der Waals surface area contributed by atoms with E-state index in [-0.39, 0.29) is 45.9 Å². The lowest BCUT2D eigenvalue weighted by molar-refractivity contribution is -0.138. The number of hydrogen-bond donors (Lipinski definition) is 1. The molecule has 4 aromatic carbocycles. The fourth-order valence-electron chi connectivity index (χ4n) is 7.08. The number of alkyl halides is 6.